The van der Waals surface area contributed by atoms with Crippen molar-refractivity contribution in [2.24, 2.45) is 0 Å². The number of hydrogen-bond donors (Lipinski definition) is 0. The summed E-state index contributed by atoms with van der Waals surface area (Å²) in [6.45, 7) is 8.83. The summed E-state index contributed by atoms with van der Waals surface area (Å²) < 4.78 is 2.05. The quantitative estimate of drug-likeness (QED) is 0.736. The molecule has 0 unspecified atom stereocenters. The molecule has 2 heterocycles. The molecule has 150 valence electrons. The Balaban J connectivity index is 1.47. The van der Waals surface area contributed by atoms with Gasteiger partial charge in [-0.2, -0.15) is 0 Å². The Morgan fingerprint density at radius 1 is 0.929 bits per heavy atom. The Hall–Kier alpha value is -2.60. The van der Waals surface area contributed by atoms with Crippen molar-refractivity contribution in [2.75, 3.05) is 45.8 Å². The molecule has 2 amide bonds. The van der Waals surface area contributed by atoms with E-state index >= 15 is 0 Å². The SMILES string of the molecule is CCN(CC)C(=O)CN1CCN(C(=O)Cc2ccc(-n3cccc3)cc2)CC1. The van der Waals surface area contributed by atoms with Gasteiger partial charge in [0.25, 0.3) is 0 Å². The van der Waals surface area contributed by atoms with Crippen LogP contribution in [0.3, 0.4) is 0 Å². The summed E-state index contributed by atoms with van der Waals surface area (Å²) >= 11 is 0. The van der Waals surface area contributed by atoms with Crippen LogP contribution in [0.15, 0.2) is 48.8 Å². The Bertz CT molecular complexity index is 758. The zero-order chi connectivity index (χ0) is 19.9. The van der Waals surface area contributed by atoms with Gasteiger partial charge in [-0.3, -0.25) is 14.5 Å². The van der Waals surface area contributed by atoms with Crippen LogP contribution in [-0.2, 0) is 16.0 Å². The van der Waals surface area contributed by atoms with Crippen molar-refractivity contribution in [2.45, 2.75) is 20.3 Å². The molecule has 1 aliphatic heterocycles. The summed E-state index contributed by atoms with van der Waals surface area (Å²) in [5.74, 6) is 0.330. The molecule has 2 aromatic rings. The van der Waals surface area contributed by atoms with Crippen molar-refractivity contribution in [1.82, 2.24) is 19.3 Å². The zero-order valence-electron chi connectivity index (χ0n) is 16.9. The molecule has 1 fully saturated rings. The van der Waals surface area contributed by atoms with E-state index in [9.17, 15) is 9.59 Å². The summed E-state index contributed by atoms with van der Waals surface area (Å²) in [4.78, 5) is 30.8. The predicted octanol–water partition coefficient (Wildman–Crippen LogP) is 2.03. The monoisotopic (exact) mass is 382 g/mol. The number of carbonyl (C=O) groups is 2. The largest absolute Gasteiger partial charge is 0.342 e. The van der Waals surface area contributed by atoms with E-state index in [0.29, 0.717) is 26.1 Å². The third-order valence-electron chi connectivity index (χ3n) is 5.39. The van der Waals surface area contributed by atoms with E-state index in [1.54, 1.807) is 0 Å². The van der Waals surface area contributed by atoms with Gasteiger partial charge in [-0.05, 0) is 43.7 Å². The van der Waals surface area contributed by atoms with E-state index in [1.165, 1.54) is 0 Å². The zero-order valence-corrected chi connectivity index (χ0v) is 16.9. The van der Waals surface area contributed by atoms with Gasteiger partial charge in [0.2, 0.25) is 11.8 Å². The average molecular weight is 383 g/mol. The first-order valence-electron chi connectivity index (χ1n) is 10.1. The standard InChI is InChI=1S/C22H30N4O2/c1-3-24(4-2)22(28)18-23-13-15-26(16-14-23)21(27)17-19-7-9-20(10-8-19)25-11-5-6-12-25/h5-12H,3-4,13-18H2,1-2H3. The lowest BCUT2D eigenvalue weighted by atomic mass is 10.1. The van der Waals surface area contributed by atoms with Crippen LogP contribution in [0.1, 0.15) is 19.4 Å². The van der Waals surface area contributed by atoms with Crippen molar-refractivity contribution >= 4 is 11.8 Å². The first-order chi connectivity index (χ1) is 13.6. The molecular formula is C22H30N4O2. The lowest BCUT2D eigenvalue weighted by Gasteiger charge is -2.35. The molecule has 0 spiro atoms. The number of hydrogen-bond acceptors (Lipinski definition) is 3. The molecule has 1 aliphatic rings. The van der Waals surface area contributed by atoms with Crippen LogP contribution in [-0.4, -0.2) is 76.9 Å². The van der Waals surface area contributed by atoms with E-state index in [2.05, 4.69) is 4.90 Å². The van der Waals surface area contributed by atoms with Gasteiger partial charge in [0.1, 0.15) is 0 Å². The lowest BCUT2D eigenvalue weighted by Crippen LogP contribution is -2.51. The first-order valence-corrected chi connectivity index (χ1v) is 10.1. The van der Waals surface area contributed by atoms with Gasteiger partial charge >= 0.3 is 0 Å². The second-order valence-electron chi connectivity index (χ2n) is 7.16. The Kier molecular flexibility index (Phi) is 6.87. The topological polar surface area (TPSA) is 48.8 Å². The van der Waals surface area contributed by atoms with E-state index in [0.717, 1.165) is 37.4 Å². The van der Waals surface area contributed by atoms with Gasteiger partial charge in [0.05, 0.1) is 13.0 Å². The first kappa shape index (κ1) is 20.1. The van der Waals surface area contributed by atoms with Gasteiger partial charge in [-0.1, -0.05) is 12.1 Å². The average Bonchev–Trinajstić information content (AvgIpc) is 3.25. The minimum Gasteiger partial charge on any atom is -0.342 e. The van der Waals surface area contributed by atoms with Gasteiger partial charge in [-0.15, -0.1) is 0 Å². The van der Waals surface area contributed by atoms with Crippen LogP contribution in [0.4, 0.5) is 0 Å². The van der Waals surface area contributed by atoms with E-state index in [1.807, 2.05) is 77.0 Å². The van der Waals surface area contributed by atoms with Crippen molar-refractivity contribution < 1.29 is 9.59 Å². The van der Waals surface area contributed by atoms with Gasteiger partial charge in [0.15, 0.2) is 0 Å². The predicted molar refractivity (Wildman–Crippen MR) is 110 cm³/mol. The minimum atomic E-state index is 0.156. The Morgan fingerprint density at radius 3 is 2.11 bits per heavy atom. The third kappa shape index (κ3) is 5.01. The number of rotatable bonds is 7. The summed E-state index contributed by atoms with van der Waals surface area (Å²) in [6, 6.07) is 12.1. The molecule has 0 bridgehead atoms. The highest BCUT2D eigenvalue weighted by Gasteiger charge is 2.23. The van der Waals surface area contributed by atoms with Gasteiger partial charge in [0, 0.05) is 57.3 Å². The fraction of sp³-hybridized carbons (Fsp3) is 0.455. The summed E-state index contributed by atoms with van der Waals surface area (Å²) in [6.07, 6.45) is 4.43. The number of carbonyl (C=O) groups excluding carboxylic acids is 2. The molecule has 6 heteroatoms. The summed E-state index contributed by atoms with van der Waals surface area (Å²) in [5, 5.41) is 0. The fourth-order valence-corrected chi connectivity index (χ4v) is 3.60. The molecule has 1 aromatic carbocycles. The number of nitrogens with zero attached hydrogens (tertiary/aromatic N) is 4. The highest BCUT2D eigenvalue weighted by atomic mass is 16.2. The Morgan fingerprint density at radius 2 is 1.54 bits per heavy atom. The number of benzene rings is 1. The van der Waals surface area contributed by atoms with Gasteiger partial charge < -0.3 is 14.4 Å². The van der Waals surface area contributed by atoms with Crippen LogP contribution in [0.25, 0.3) is 5.69 Å². The molecule has 1 saturated heterocycles. The van der Waals surface area contributed by atoms with Crippen molar-refractivity contribution in [3.8, 4) is 5.69 Å². The number of likely N-dealkylation sites (N-methyl/N-ethyl adjacent to an activating group) is 1. The van der Waals surface area contributed by atoms with Crippen molar-refractivity contribution in [3.05, 3.63) is 54.4 Å². The molecule has 1 aromatic heterocycles. The molecule has 0 saturated carbocycles. The molecule has 0 atom stereocenters. The van der Waals surface area contributed by atoms with Crippen LogP contribution < -0.4 is 0 Å². The van der Waals surface area contributed by atoms with E-state index in [-0.39, 0.29) is 11.8 Å². The maximum absolute atomic E-state index is 12.6. The van der Waals surface area contributed by atoms with E-state index in [4.69, 9.17) is 0 Å². The van der Waals surface area contributed by atoms with Crippen molar-refractivity contribution in [3.63, 3.8) is 0 Å². The highest BCUT2D eigenvalue weighted by molar-refractivity contribution is 5.79. The highest BCUT2D eigenvalue weighted by Crippen LogP contribution is 2.12. The van der Waals surface area contributed by atoms with Gasteiger partial charge in [-0.25, -0.2) is 0 Å². The van der Waals surface area contributed by atoms with Crippen molar-refractivity contribution in [1.29, 1.82) is 0 Å². The number of piperazine rings is 1. The molecule has 28 heavy (non-hydrogen) atoms. The smallest absolute Gasteiger partial charge is 0.236 e. The summed E-state index contributed by atoms with van der Waals surface area (Å²) in [5.41, 5.74) is 2.12. The number of amides is 2. The summed E-state index contributed by atoms with van der Waals surface area (Å²) in [7, 11) is 0. The minimum absolute atomic E-state index is 0.156. The Labute approximate surface area is 167 Å². The second-order valence-corrected chi connectivity index (χ2v) is 7.16. The molecular weight excluding hydrogens is 352 g/mol. The van der Waals surface area contributed by atoms with Crippen LogP contribution in [0.5, 0.6) is 0 Å². The lowest BCUT2D eigenvalue weighted by molar-refractivity contribution is -0.134. The van der Waals surface area contributed by atoms with Crippen LogP contribution in [0.2, 0.25) is 0 Å². The third-order valence-corrected chi connectivity index (χ3v) is 5.39. The molecule has 0 N–H and O–H groups in total. The van der Waals surface area contributed by atoms with Crippen LogP contribution in [0, 0.1) is 0 Å². The second kappa shape index (κ2) is 9.55. The maximum atomic E-state index is 12.6. The molecule has 6 nitrogen and oxygen atoms in total. The normalized spacial score (nSPS) is 14.9. The molecule has 3 rings (SSSR count). The molecule has 0 radical (unpaired) electrons. The number of aromatic nitrogens is 1. The van der Waals surface area contributed by atoms with E-state index < -0.39 is 0 Å². The fourth-order valence-electron chi connectivity index (χ4n) is 3.60. The maximum Gasteiger partial charge on any atom is 0.236 e. The molecule has 0 aliphatic carbocycles. The van der Waals surface area contributed by atoms with Crippen LogP contribution >= 0.6 is 0 Å².